The highest BCUT2D eigenvalue weighted by atomic mass is 16.5. The number of aromatic nitrogens is 5. The number of aliphatic imine (C=N–C) groups is 2. The number of carbonyl (C=O) groups excluding carboxylic acids is 16. The Morgan fingerprint density at radius 1 is 0.629 bits per heavy atom. The minimum absolute atomic E-state index is 0.0144. The van der Waals surface area contributed by atoms with Crippen LogP contribution in [-0.4, -0.2) is 291 Å². The monoisotopic (exact) mass is 1960 g/mol. The first kappa shape index (κ1) is 116. The van der Waals surface area contributed by atoms with Crippen molar-refractivity contribution < 1.29 is 102 Å². The molecule has 2 fully saturated rings. The van der Waals surface area contributed by atoms with Crippen LogP contribution in [0.15, 0.2) is 82.6 Å². The maximum Gasteiger partial charge on any atom is 0.246 e. The summed E-state index contributed by atoms with van der Waals surface area (Å²) in [5.74, 6) is -10.1. The molecule has 13 atom stereocenters. The van der Waals surface area contributed by atoms with E-state index in [9.17, 15) is 92.0 Å². The number of likely N-dealkylation sites (N-methyl/N-ethyl adjacent to an activating group) is 1. The highest BCUT2D eigenvalue weighted by Gasteiger charge is 2.43. The second kappa shape index (κ2) is 65.4. The largest absolute Gasteiger partial charge is 0.394 e. The number of nitrogens with zero attached hydrogens (tertiary/aromatic N) is 6. The number of Topliss-reactive ketones (excluding diaryl/α,β-unsaturated/α-hetero) is 2. The number of aromatic amines is 2. The number of carbonyl (C=O) groups is 16. The van der Waals surface area contributed by atoms with E-state index in [-0.39, 0.29) is 133 Å². The zero-order valence-electron chi connectivity index (χ0n) is 81.4. The minimum atomic E-state index is -1.64. The number of ether oxygens (including phenoxy) is 2. The van der Waals surface area contributed by atoms with Crippen LogP contribution in [0.3, 0.4) is 0 Å². The summed E-state index contributed by atoms with van der Waals surface area (Å²) < 4.78 is 10.7. The highest BCUT2D eigenvalue weighted by Crippen LogP contribution is 2.26. The molecular weight excluding hydrogens is 1810 g/mol. The maximum absolute atomic E-state index is 14.4. The Morgan fingerprint density at radius 3 is 1.91 bits per heavy atom. The van der Waals surface area contributed by atoms with Crippen LogP contribution in [0, 0.1) is 5.92 Å². The average Bonchev–Trinajstić information content (AvgIpc) is 1.65. The van der Waals surface area contributed by atoms with Gasteiger partial charge in [0.25, 0.3) is 0 Å². The number of unbranched alkanes of at least 4 members (excludes halogenated alkanes) is 13. The van der Waals surface area contributed by atoms with E-state index in [2.05, 4.69) is 99.4 Å². The van der Waals surface area contributed by atoms with E-state index in [1.807, 2.05) is 31.2 Å². The number of hydrogen-bond acceptors (Lipinski definition) is 26. The summed E-state index contributed by atoms with van der Waals surface area (Å²) in [7, 11) is 1.40. The smallest absolute Gasteiger partial charge is 0.246 e. The van der Waals surface area contributed by atoms with Crippen molar-refractivity contribution in [3.05, 3.63) is 89.5 Å². The predicted molar refractivity (Wildman–Crippen MR) is 520 cm³/mol. The fraction of sp³-hybridized carbons (Fsp3) is 0.635. The minimum Gasteiger partial charge on any atom is -0.394 e. The molecule has 0 bridgehead atoms. The van der Waals surface area contributed by atoms with Crippen LogP contribution in [0.1, 0.15) is 244 Å². The summed E-state index contributed by atoms with van der Waals surface area (Å²) in [6.07, 6.45) is 23.2. The molecule has 2 aromatic carbocycles. The Kier molecular flexibility index (Phi) is 54.3. The molecule has 4 aromatic rings. The lowest BCUT2D eigenvalue weighted by atomic mass is 9.98. The first-order valence-corrected chi connectivity index (χ1v) is 49.1. The molecule has 2 aromatic heterocycles. The normalized spacial score (nSPS) is 19.2. The molecular formula is C96H149N23O21. The topological polar surface area (TPSA) is 673 Å². The van der Waals surface area contributed by atoms with Crippen molar-refractivity contribution in [2.45, 2.75) is 319 Å². The average molecular weight is 1960 g/mol. The summed E-state index contributed by atoms with van der Waals surface area (Å²) >= 11 is 0. The maximum atomic E-state index is 14.4. The third-order valence-corrected chi connectivity index (χ3v) is 24.1. The van der Waals surface area contributed by atoms with Gasteiger partial charge in [-0.25, -0.2) is 0 Å². The Labute approximate surface area is 816 Å². The number of guanidine groups is 1. The van der Waals surface area contributed by atoms with Crippen molar-refractivity contribution in [1.29, 1.82) is 0 Å². The lowest BCUT2D eigenvalue weighted by Crippen LogP contribution is -2.61. The molecule has 140 heavy (non-hydrogen) atoms. The number of amides is 14. The van der Waals surface area contributed by atoms with Crippen molar-refractivity contribution in [3.63, 3.8) is 0 Å². The van der Waals surface area contributed by atoms with Crippen LogP contribution in [0.4, 0.5) is 0 Å². The van der Waals surface area contributed by atoms with Gasteiger partial charge in [-0.2, -0.15) is 5.21 Å². The first-order chi connectivity index (χ1) is 67.3. The number of rotatable bonds is 55. The zero-order valence-corrected chi connectivity index (χ0v) is 81.4. The second-order valence-electron chi connectivity index (χ2n) is 35.7. The molecule has 0 saturated carbocycles. The number of nitrogens with two attached hydrogens (primary N) is 3. The number of benzene rings is 2. The predicted octanol–water partition coefficient (Wildman–Crippen LogP) is 0.663. The van der Waals surface area contributed by atoms with E-state index in [0.717, 1.165) is 60.8 Å². The number of aliphatic hydroxyl groups excluding tert-OH is 3. The molecule has 0 radical (unpaired) electrons. The van der Waals surface area contributed by atoms with Gasteiger partial charge >= 0.3 is 0 Å². The van der Waals surface area contributed by atoms with Gasteiger partial charge in [0.15, 0.2) is 17.6 Å². The Bertz CT molecular complexity index is 4680. The van der Waals surface area contributed by atoms with Gasteiger partial charge in [0.05, 0.1) is 51.2 Å². The molecule has 0 unspecified atom stereocenters. The Morgan fingerprint density at radius 2 is 1.26 bits per heavy atom. The fourth-order valence-corrected chi connectivity index (χ4v) is 16.1. The van der Waals surface area contributed by atoms with Gasteiger partial charge in [0.2, 0.25) is 82.7 Å². The summed E-state index contributed by atoms with van der Waals surface area (Å²) in [6, 6.07) is 3.62. The highest BCUT2D eigenvalue weighted by molar-refractivity contribution is 6.00. The standard InChI is InChI=1S/C51H88N14O13.C45H61N9O8/c1-4-5-21-37(47(72)53-3)59-51(76)46(35(2)67)61-49(74)39(31-36-20-19-26-54-36)60-48(73)38(24-25-41(52)68)58-50(75)40(33-66)57-44(70)32-56-45(71)34-78-30-29-77-28-27-55-43(69)23-18-16-14-12-10-8-6-7-9-11-13-15-17-22-42-62-64-65-63-42;1-27-19-20-31(56)14-7-4-8-16-34(28(2)55)50-42(60)38(23-30-25-49-35-17-10-9-15-33(30)35)52-40(58)36(18-11-21-48-45(46)47)51-41(59)37(22-29-12-5-3-6-13-29)53-43(61)39-24-32(57)26-54(39)44(27)62/h20,26,35,37-40,46,66-67H,4-19,21-25,27-34H2,1-3H3,(H2,52,68)(H,53,72)(H,55,69)(H,56,71)(H,57,70)(H,58,75)(H,59,76)(H,60,73)(H,61,74)(H,62,63,64,65);3,5-6,9-10,12-13,15,17,25,27,32,34,36-39,49,57H,4,7-8,11,14,16,18-24,26H2,1-2H3,(H,50,60)(H,51,59)(H,52,58)(H,53,61)(H4,46,47,48)/t35-,37+,38+,39+,40+,46+;27-,32+,34-,36-,37+,38-,39-/m10/s1. The molecule has 14 amide bonds. The van der Waals surface area contributed by atoms with Crippen LogP contribution in [0.25, 0.3) is 10.9 Å². The molecule has 2 saturated heterocycles. The van der Waals surface area contributed by atoms with Gasteiger partial charge in [-0.3, -0.25) is 86.7 Å². The Hall–Kier alpha value is -12.5. The van der Waals surface area contributed by atoms with Crippen LogP contribution in [0.2, 0.25) is 0 Å². The van der Waals surface area contributed by atoms with Crippen LogP contribution in [0.5, 0.6) is 0 Å². The number of H-pyrrole nitrogens is 2. The SMILES string of the molecule is CC(=O)[C@@H]1CCCCCC(=O)CC[C@H](C)C(=O)N2C[C@H](O)C[C@H]2C(=O)N[C@H](Cc2ccccc2)C(=O)N[C@@H](CCCN=C(N)N)C(=O)N[C@@H](Cc2c[nH]c3ccccc23)C(=O)N1.CCCC[C@H](NC(=O)[C@@H](NC(=O)[C@H](CC1=CCC=N1)NC(=O)[C@H](CCC(N)=O)NC(=O)[C@H](CO)NC(=O)CNC(=O)COCCOCCNC(=O)CCCCCCCCCCCCCCCc1nn[nH]n1)[C@@H](C)O)C(=O)NC. The zero-order chi connectivity index (χ0) is 102. The molecule has 44 nitrogen and oxygen atoms in total. The quantitative estimate of drug-likeness (QED) is 0.0164. The molecule has 774 valence electrons. The van der Waals surface area contributed by atoms with Crippen molar-refractivity contribution in [1.82, 2.24) is 94.3 Å². The van der Waals surface area contributed by atoms with Gasteiger partial charge in [-0.05, 0) is 88.8 Å². The van der Waals surface area contributed by atoms with Crippen molar-refractivity contribution in [2.75, 3.05) is 66.3 Å². The van der Waals surface area contributed by atoms with Gasteiger partial charge in [0, 0.05) is 126 Å². The van der Waals surface area contributed by atoms with Gasteiger partial charge in [-0.15, -0.1) is 10.2 Å². The lowest BCUT2D eigenvalue weighted by molar-refractivity contribution is -0.142. The number of fused-ring (bicyclic) bond motifs is 2. The van der Waals surface area contributed by atoms with E-state index in [1.54, 1.807) is 55.7 Å². The molecule has 7 rings (SSSR count). The summed E-state index contributed by atoms with van der Waals surface area (Å²) in [6.45, 7) is 5.05. The number of primary amides is 1. The molecule has 0 aliphatic carbocycles. The van der Waals surface area contributed by atoms with Gasteiger partial charge < -0.3 is 116 Å². The van der Waals surface area contributed by atoms with Crippen LogP contribution >= 0.6 is 0 Å². The number of aryl methyl sites for hydroxylation is 1. The van der Waals surface area contributed by atoms with E-state index >= 15 is 0 Å². The molecule has 44 heteroatoms. The summed E-state index contributed by atoms with van der Waals surface area (Å²) in [4.78, 5) is 225. The van der Waals surface area contributed by atoms with Gasteiger partial charge in [-0.1, -0.05) is 170 Å². The summed E-state index contributed by atoms with van der Waals surface area (Å²) in [5, 5.41) is 77.1. The number of aliphatic hydroxyl groups is 3. The third kappa shape index (κ3) is 44.7. The molecule has 3 aliphatic rings. The van der Waals surface area contributed by atoms with Gasteiger partial charge in [0.1, 0.15) is 66.8 Å². The number of ketones is 2. The van der Waals surface area contributed by atoms with Crippen molar-refractivity contribution in [3.8, 4) is 0 Å². The second-order valence-corrected chi connectivity index (χ2v) is 35.7. The lowest BCUT2D eigenvalue weighted by Gasteiger charge is -2.29. The third-order valence-electron chi connectivity index (χ3n) is 24.1. The van der Waals surface area contributed by atoms with Crippen LogP contribution in [-0.2, 0) is 105 Å². The molecule has 3 aliphatic heterocycles. The number of nitrogens with one attached hydrogen (secondary N) is 14. The first-order valence-electron chi connectivity index (χ1n) is 49.1. The Balaban J connectivity index is 0.000000439. The van der Waals surface area contributed by atoms with Crippen molar-refractivity contribution >= 4 is 117 Å². The number of hydrogen-bond donors (Lipinski definition) is 20. The fourth-order valence-electron chi connectivity index (χ4n) is 16.1. The summed E-state index contributed by atoms with van der Waals surface area (Å²) in [5.41, 5.74) is 19.1. The van der Waals surface area contributed by atoms with Crippen molar-refractivity contribution in [2.24, 2.45) is 33.1 Å². The molecule has 0 spiro atoms. The van der Waals surface area contributed by atoms with Crippen LogP contribution < -0.4 is 81.0 Å². The van der Waals surface area contributed by atoms with E-state index in [4.69, 9.17) is 26.7 Å². The number of tetrazole rings is 1. The van der Waals surface area contributed by atoms with E-state index in [1.165, 1.54) is 83.6 Å². The van der Waals surface area contributed by atoms with E-state index < -0.39 is 176 Å². The number of allylic oxidation sites excluding steroid dienone is 1. The molecule has 23 N–H and O–H groups in total. The molecule has 5 heterocycles. The number of para-hydroxylation sites is 1. The van der Waals surface area contributed by atoms with E-state index in [0.29, 0.717) is 62.8 Å².